The molecule has 0 atom stereocenters. The van der Waals surface area contributed by atoms with Crippen LogP contribution in [0.15, 0.2) is 40.9 Å². The van der Waals surface area contributed by atoms with E-state index < -0.39 is 5.82 Å². The molecule has 0 saturated heterocycles. The smallest absolute Gasteiger partial charge is 0.262 e. The third-order valence-electron chi connectivity index (χ3n) is 4.52. The molecule has 5 nitrogen and oxygen atoms in total. The number of hydrogen-bond acceptors (Lipinski definition) is 3. The SMILES string of the molecule is CNC(=O)Cc1c(C)n(C(=O)c2ccc(Br)cc2)c2cc(F)c(OC)cc12. The van der Waals surface area contributed by atoms with Gasteiger partial charge in [0.1, 0.15) is 0 Å². The molecule has 0 aliphatic heterocycles. The van der Waals surface area contributed by atoms with Crippen molar-refractivity contribution in [2.24, 2.45) is 0 Å². The van der Waals surface area contributed by atoms with Crippen molar-refractivity contribution in [3.63, 3.8) is 0 Å². The van der Waals surface area contributed by atoms with Gasteiger partial charge in [-0.1, -0.05) is 15.9 Å². The lowest BCUT2D eigenvalue weighted by Gasteiger charge is -2.08. The number of nitrogens with one attached hydrogen (secondary N) is 1. The van der Waals surface area contributed by atoms with Gasteiger partial charge in [0.25, 0.3) is 5.91 Å². The quantitative estimate of drug-likeness (QED) is 0.681. The van der Waals surface area contributed by atoms with Gasteiger partial charge in [-0.05, 0) is 42.8 Å². The Morgan fingerprint density at radius 3 is 2.48 bits per heavy atom. The molecule has 3 rings (SSSR count). The molecule has 0 unspecified atom stereocenters. The van der Waals surface area contributed by atoms with Gasteiger partial charge in [-0.25, -0.2) is 4.39 Å². The van der Waals surface area contributed by atoms with Crippen LogP contribution in [-0.4, -0.2) is 30.5 Å². The van der Waals surface area contributed by atoms with Crippen molar-refractivity contribution in [1.29, 1.82) is 0 Å². The van der Waals surface area contributed by atoms with E-state index in [9.17, 15) is 14.0 Å². The van der Waals surface area contributed by atoms with Crippen LogP contribution in [0.3, 0.4) is 0 Å². The van der Waals surface area contributed by atoms with Crippen molar-refractivity contribution < 1.29 is 18.7 Å². The molecule has 0 radical (unpaired) electrons. The topological polar surface area (TPSA) is 60.3 Å². The highest BCUT2D eigenvalue weighted by Gasteiger charge is 2.23. The van der Waals surface area contributed by atoms with Gasteiger partial charge in [0.15, 0.2) is 11.6 Å². The number of carbonyl (C=O) groups is 2. The summed E-state index contributed by atoms with van der Waals surface area (Å²) in [5, 5.41) is 3.19. The van der Waals surface area contributed by atoms with Gasteiger partial charge in [-0.3, -0.25) is 14.2 Å². The lowest BCUT2D eigenvalue weighted by atomic mass is 10.1. The Morgan fingerprint density at radius 2 is 1.89 bits per heavy atom. The summed E-state index contributed by atoms with van der Waals surface area (Å²) in [6.45, 7) is 1.75. The second-order valence-corrected chi connectivity index (χ2v) is 6.98. The predicted molar refractivity (Wildman–Crippen MR) is 105 cm³/mol. The van der Waals surface area contributed by atoms with E-state index in [1.165, 1.54) is 23.8 Å². The second kappa shape index (κ2) is 7.52. The molecule has 0 saturated carbocycles. The molecule has 0 bridgehead atoms. The number of halogens is 2. The number of ether oxygens (including phenoxy) is 1. The van der Waals surface area contributed by atoms with Gasteiger partial charge in [0, 0.05) is 34.2 Å². The first-order valence-electron chi connectivity index (χ1n) is 8.25. The van der Waals surface area contributed by atoms with E-state index in [2.05, 4.69) is 21.2 Å². The highest BCUT2D eigenvalue weighted by molar-refractivity contribution is 9.10. The maximum atomic E-state index is 14.4. The number of likely N-dealkylation sites (N-methyl/N-ethyl adjacent to an activating group) is 1. The summed E-state index contributed by atoms with van der Waals surface area (Å²) in [4.78, 5) is 25.1. The normalized spacial score (nSPS) is 10.9. The van der Waals surface area contributed by atoms with Crippen LogP contribution < -0.4 is 10.1 Å². The van der Waals surface area contributed by atoms with Gasteiger partial charge >= 0.3 is 0 Å². The zero-order valence-corrected chi connectivity index (χ0v) is 16.7. The first-order valence-corrected chi connectivity index (χ1v) is 9.05. The molecular formula is C20H18BrFN2O3. The number of aromatic nitrogens is 1. The predicted octanol–water partition coefficient (Wildman–Crippen LogP) is 3.84. The largest absolute Gasteiger partial charge is 0.494 e. The Balaban J connectivity index is 2.26. The van der Waals surface area contributed by atoms with Crippen molar-refractivity contribution in [2.45, 2.75) is 13.3 Å². The summed E-state index contributed by atoms with van der Waals surface area (Å²) in [6, 6.07) is 9.71. The molecule has 0 aliphatic rings. The minimum Gasteiger partial charge on any atom is -0.494 e. The summed E-state index contributed by atoms with van der Waals surface area (Å²) in [7, 11) is 2.92. The van der Waals surface area contributed by atoms with Crippen LogP contribution in [0.4, 0.5) is 4.39 Å². The Hall–Kier alpha value is -2.67. The molecule has 2 aromatic carbocycles. The molecule has 0 fully saturated rings. The van der Waals surface area contributed by atoms with E-state index in [0.717, 1.165) is 4.47 Å². The van der Waals surface area contributed by atoms with Gasteiger partial charge < -0.3 is 10.1 Å². The molecular weight excluding hydrogens is 415 g/mol. The van der Waals surface area contributed by atoms with E-state index in [1.54, 1.807) is 38.2 Å². The summed E-state index contributed by atoms with van der Waals surface area (Å²) in [5.74, 6) is -0.998. The van der Waals surface area contributed by atoms with Crippen LogP contribution in [0.1, 0.15) is 21.6 Å². The van der Waals surface area contributed by atoms with Gasteiger partial charge in [-0.15, -0.1) is 0 Å². The van der Waals surface area contributed by atoms with Crippen molar-refractivity contribution in [3.05, 3.63) is 63.5 Å². The number of amides is 1. The van der Waals surface area contributed by atoms with Crippen LogP contribution in [-0.2, 0) is 11.2 Å². The molecule has 1 amide bonds. The number of rotatable bonds is 4. The number of carbonyl (C=O) groups excluding carboxylic acids is 2. The third kappa shape index (κ3) is 3.47. The Bertz CT molecular complexity index is 1040. The standard InChI is InChI=1S/C20H18BrFN2O3/c1-11-14(9-19(25)23-2)15-8-18(27-3)16(22)10-17(15)24(11)20(26)12-4-6-13(21)7-5-12/h4-8,10H,9H2,1-3H3,(H,23,25). The fourth-order valence-corrected chi connectivity index (χ4v) is 3.36. The molecule has 0 spiro atoms. The Morgan fingerprint density at radius 1 is 1.22 bits per heavy atom. The first kappa shape index (κ1) is 19.1. The summed E-state index contributed by atoms with van der Waals surface area (Å²) in [5.41, 5.74) is 2.11. The monoisotopic (exact) mass is 432 g/mol. The molecule has 7 heteroatoms. The average molecular weight is 433 g/mol. The Kier molecular flexibility index (Phi) is 5.32. The molecule has 140 valence electrons. The molecule has 1 N–H and O–H groups in total. The highest BCUT2D eigenvalue weighted by Crippen LogP contribution is 2.32. The van der Waals surface area contributed by atoms with Gasteiger partial charge in [0.2, 0.25) is 5.91 Å². The van der Waals surface area contributed by atoms with E-state index in [0.29, 0.717) is 27.7 Å². The molecule has 0 aliphatic carbocycles. The van der Waals surface area contributed by atoms with E-state index in [1.807, 2.05) is 0 Å². The van der Waals surface area contributed by atoms with Gasteiger partial charge in [0.05, 0.1) is 19.0 Å². The van der Waals surface area contributed by atoms with Crippen LogP contribution in [0.25, 0.3) is 10.9 Å². The lowest BCUT2D eigenvalue weighted by molar-refractivity contribution is -0.119. The van der Waals surface area contributed by atoms with Crippen molar-refractivity contribution in [2.75, 3.05) is 14.2 Å². The first-order chi connectivity index (χ1) is 12.9. The third-order valence-corrected chi connectivity index (χ3v) is 5.05. The van der Waals surface area contributed by atoms with E-state index >= 15 is 0 Å². The van der Waals surface area contributed by atoms with E-state index in [-0.39, 0.29) is 24.0 Å². The Labute approximate surface area is 164 Å². The van der Waals surface area contributed by atoms with Crippen LogP contribution in [0, 0.1) is 12.7 Å². The van der Waals surface area contributed by atoms with Crippen LogP contribution in [0.5, 0.6) is 5.75 Å². The zero-order valence-electron chi connectivity index (χ0n) is 15.1. The minimum absolute atomic E-state index is 0.0638. The number of nitrogens with zero attached hydrogens (tertiary/aromatic N) is 1. The lowest BCUT2D eigenvalue weighted by Crippen LogP contribution is -2.20. The number of fused-ring (bicyclic) bond motifs is 1. The molecule has 1 aromatic heterocycles. The number of methoxy groups -OCH3 is 1. The maximum Gasteiger partial charge on any atom is 0.262 e. The summed E-state index contributed by atoms with van der Waals surface area (Å²) >= 11 is 3.34. The zero-order chi connectivity index (χ0) is 19.7. The highest BCUT2D eigenvalue weighted by atomic mass is 79.9. The molecule has 27 heavy (non-hydrogen) atoms. The summed E-state index contributed by atoms with van der Waals surface area (Å²) in [6.07, 6.45) is 0.0776. The number of hydrogen-bond donors (Lipinski definition) is 1. The second-order valence-electron chi connectivity index (χ2n) is 6.07. The maximum absolute atomic E-state index is 14.4. The van der Waals surface area contributed by atoms with Crippen molar-refractivity contribution in [3.8, 4) is 5.75 Å². The van der Waals surface area contributed by atoms with Gasteiger partial charge in [-0.2, -0.15) is 0 Å². The summed E-state index contributed by atoms with van der Waals surface area (Å²) < 4.78 is 21.7. The fraction of sp³-hybridized carbons (Fsp3) is 0.200. The van der Waals surface area contributed by atoms with Crippen molar-refractivity contribution in [1.82, 2.24) is 9.88 Å². The van der Waals surface area contributed by atoms with E-state index in [4.69, 9.17) is 4.74 Å². The van der Waals surface area contributed by atoms with Crippen LogP contribution in [0.2, 0.25) is 0 Å². The number of benzene rings is 2. The molecule has 1 heterocycles. The average Bonchev–Trinajstić information content (AvgIpc) is 2.91. The van der Waals surface area contributed by atoms with Crippen molar-refractivity contribution >= 4 is 38.6 Å². The fourth-order valence-electron chi connectivity index (χ4n) is 3.09. The molecule has 3 aromatic rings. The van der Waals surface area contributed by atoms with Crippen LogP contribution >= 0.6 is 15.9 Å². The minimum atomic E-state index is -0.571.